The molecule has 3 rings (SSSR count). The number of anilines is 1. The molecule has 0 aliphatic rings. The maximum absolute atomic E-state index is 8.70. The van der Waals surface area contributed by atoms with Crippen LogP contribution in [-0.2, 0) is 6.54 Å². The number of nitriles is 1. The summed E-state index contributed by atoms with van der Waals surface area (Å²) in [6.45, 7) is 0.634. The van der Waals surface area contributed by atoms with Crippen LogP contribution in [0.3, 0.4) is 0 Å². The van der Waals surface area contributed by atoms with Crippen LogP contribution in [0, 0.1) is 11.3 Å². The number of rotatable bonds is 3. The van der Waals surface area contributed by atoms with E-state index in [-0.39, 0.29) is 0 Å². The minimum atomic E-state index is 0.600. The van der Waals surface area contributed by atoms with E-state index in [0.717, 1.165) is 21.8 Å². The maximum atomic E-state index is 8.70. The summed E-state index contributed by atoms with van der Waals surface area (Å²) in [5.41, 5.74) is 2.69. The van der Waals surface area contributed by atoms with Crippen LogP contribution in [-0.4, -0.2) is 9.97 Å². The minimum Gasteiger partial charge on any atom is -0.443 e. The van der Waals surface area contributed by atoms with Crippen molar-refractivity contribution in [1.82, 2.24) is 9.97 Å². The normalized spacial score (nSPS) is 10.4. The number of benzene rings is 1. The average molecular weight is 256 g/mol. The summed E-state index contributed by atoms with van der Waals surface area (Å²) in [6, 6.07) is 7.90. The van der Waals surface area contributed by atoms with E-state index in [0.29, 0.717) is 11.4 Å². The van der Waals surface area contributed by atoms with E-state index < -0.39 is 0 Å². The van der Waals surface area contributed by atoms with Gasteiger partial charge in [0.25, 0.3) is 0 Å². The topological polar surface area (TPSA) is 74.7 Å². The van der Waals surface area contributed by atoms with Gasteiger partial charge in [-0.1, -0.05) is 17.4 Å². The largest absolute Gasteiger partial charge is 0.443 e. The van der Waals surface area contributed by atoms with Gasteiger partial charge in [0.2, 0.25) is 0 Å². The van der Waals surface area contributed by atoms with Gasteiger partial charge in [-0.05, 0) is 17.7 Å². The second-order valence-corrected chi connectivity index (χ2v) is 4.68. The molecule has 0 atom stereocenters. The molecule has 18 heavy (non-hydrogen) atoms. The molecule has 3 aromatic rings. The van der Waals surface area contributed by atoms with E-state index in [9.17, 15) is 0 Å². The fourth-order valence-corrected chi connectivity index (χ4v) is 2.20. The maximum Gasteiger partial charge on any atom is 0.184 e. The zero-order valence-electron chi connectivity index (χ0n) is 9.25. The number of oxazole rings is 1. The Balaban J connectivity index is 1.74. The third kappa shape index (κ3) is 2.04. The number of hydrogen-bond donors (Lipinski definition) is 1. The van der Waals surface area contributed by atoms with Crippen molar-refractivity contribution < 1.29 is 4.42 Å². The van der Waals surface area contributed by atoms with Crippen LogP contribution < -0.4 is 5.32 Å². The lowest BCUT2D eigenvalue weighted by Gasteiger charge is -2.01. The SMILES string of the molecule is N#Cc1cnc(NCc2ccc3ncoc3c2)s1. The van der Waals surface area contributed by atoms with E-state index in [1.807, 2.05) is 18.2 Å². The van der Waals surface area contributed by atoms with E-state index in [1.54, 1.807) is 6.20 Å². The van der Waals surface area contributed by atoms with Gasteiger partial charge in [0, 0.05) is 6.54 Å². The molecule has 0 spiro atoms. The van der Waals surface area contributed by atoms with Gasteiger partial charge < -0.3 is 9.73 Å². The first-order valence-corrected chi connectivity index (χ1v) is 6.09. The molecule has 0 saturated carbocycles. The van der Waals surface area contributed by atoms with Crippen LogP contribution in [0.1, 0.15) is 10.4 Å². The van der Waals surface area contributed by atoms with Crippen LogP contribution in [0.25, 0.3) is 11.1 Å². The first-order chi connectivity index (χ1) is 8.85. The number of aromatic nitrogens is 2. The first-order valence-electron chi connectivity index (χ1n) is 5.27. The molecule has 0 aliphatic heterocycles. The fraction of sp³-hybridized carbons (Fsp3) is 0.0833. The van der Waals surface area contributed by atoms with E-state index in [2.05, 4.69) is 21.4 Å². The highest BCUT2D eigenvalue weighted by molar-refractivity contribution is 7.16. The van der Waals surface area contributed by atoms with E-state index >= 15 is 0 Å². The lowest BCUT2D eigenvalue weighted by Crippen LogP contribution is -1.98. The molecule has 1 aromatic carbocycles. The van der Waals surface area contributed by atoms with Gasteiger partial charge in [-0.3, -0.25) is 0 Å². The third-order valence-electron chi connectivity index (χ3n) is 2.46. The second kappa shape index (κ2) is 4.47. The Hall–Kier alpha value is -2.39. The van der Waals surface area contributed by atoms with Gasteiger partial charge in [0.05, 0.1) is 6.20 Å². The lowest BCUT2D eigenvalue weighted by molar-refractivity contribution is 0.602. The van der Waals surface area contributed by atoms with Crippen molar-refractivity contribution in [1.29, 1.82) is 5.26 Å². The Bertz CT molecular complexity index is 725. The molecule has 0 saturated heterocycles. The summed E-state index contributed by atoms with van der Waals surface area (Å²) >= 11 is 1.34. The summed E-state index contributed by atoms with van der Waals surface area (Å²) in [5.74, 6) is 0. The molecule has 2 heterocycles. The molecule has 0 aliphatic carbocycles. The number of thiazole rings is 1. The van der Waals surface area contributed by atoms with Crippen LogP contribution >= 0.6 is 11.3 Å². The quantitative estimate of drug-likeness (QED) is 0.779. The monoisotopic (exact) mass is 256 g/mol. The van der Waals surface area contributed by atoms with Gasteiger partial charge in [0.15, 0.2) is 17.1 Å². The highest BCUT2D eigenvalue weighted by Gasteiger charge is 2.03. The van der Waals surface area contributed by atoms with E-state index in [4.69, 9.17) is 9.68 Å². The summed E-state index contributed by atoms with van der Waals surface area (Å²) < 4.78 is 5.24. The molecular formula is C12H8N4OS. The van der Waals surface area contributed by atoms with Crippen LogP contribution in [0.5, 0.6) is 0 Å². The highest BCUT2D eigenvalue weighted by Crippen LogP contribution is 2.19. The summed E-state index contributed by atoms with van der Waals surface area (Å²) in [4.78, 5) is 8.76. The van der Waals surface area contributed by atoms with E-state index in [1.165, 1.54) is 17.7 Å². The van der Waals surface area contributed by atoms with Gasteiger partial charge in [-0.15, -0.1) is 0 Å². The number of hydrogen-bond acceptors (Lipinski definition) is 6. The molecule has 0 fully saturated rings. The molecule has 0 bridgehead atoms. The Morgan fingerprint density at radius 2 is 2.33 bits per heavy atom. The Morgan fingerprint density at radius 3 is 3.17 bits per heavy atom. The molecule has 0 radical (unpaired) electrons. The molecule has 88 valence electrons. The van der Waals surface area contributed by atoms with Crippen molar-refractivity contribution >= 4 is 27.6 Å². The van der Waals surface area contributed by atoms with Gasteiger partial charge in [-0.25, -0.2) is 9.97 Å². The van der Waals surface area contributed by atoms with Crippen molar-refractivity contribution in [3.63, 3.8) is 0 Å². The molecule has 6 heteroatoms. The summed E-state index contributed by atoms with van der Waals surface area (Å²) in [7, 11) is 0. The first kappa shape index (κ1) is 10.7. The summed E-state index contributed by atoms with van der Waals surface area (Å²) in [6.07, 6.45) is 2.99. The van der Waals surface area contributed by atoms with Gasteiger partial charge in [-0.2, -0.15) is 5.26 Å². The minimum absolute atomic E-state index is 0.600. The predicted octanol–water partition coefficient (Wildman–Crippen LogP) is 2.77. The van der Waals surface area contributed by atoms with Crippen LogP contribution in [0.15, 0.2) is 35.2 Å². The molecule has 2 aromatic heterocycles. The molecule has 0 amide bonds. The number of nitrogens with one attached hydrogen (secondary N) is 1. The second-order valence-electron chi connectivity index (χ2n) is 3.65. The molecular weight excluding hydrogens is 248 g/mol. The standard InChI is InChI=1S/C12H8N4OS/c13-4-9-6-15-12(18-9)14-5-8-1-2-10-11(3-8)17-7-16-10/h1-3,6-7H,5H2,(H,14,15). The zero-order chi connectivity index (χ0) is 12.4. The van der Waals surface area contributed by atoms with Gasteiger partial charge in [0.1, 0.15) is 16.5 Å². The molecule has 0 unspecified atom stereocenters. The number of nitrogens with zero attached hydrogens (tertiary/aromatic N) is 3. The van der Waals surface area contributed by atoms with Crippen molar-refractivity contribution in [2.24, 2.45) is 0 Å². The third-order valence-corrected chi connectivity index (χ3v) is 3.32. The van der Waals surface area contributed by atoms with Crippen molar-refractivity contribution in [3.05, 3.63) is 41.2 Å². The average Bonchev–Trinajstić information content (AvgIpc) is 3.04. The Morgan fingerprint density at radius 1 is 1.39 bits per heavy atom. The molecule has 1 N–H and O–H groups in total. The van der Waals surface area contributed by atoms with Crippen LogP contribution in [0.4, 0.5) is 5.13 Å². The number of fused-ring (bicyclic) bond motifs is 1. The fourth-order valence-electron chi connectivity index (χ4n) is 1.59. The van der Waals surface area contributed by atoms with Crippen LogP contribution in [0.2, 0.25) is 0 Å². The van der Waals surface area contributed by atoms with Crippen molar-refractivity contribution in [3.8, 4) is 6.07 Å². The smallest absolute Gasteiger partial charge is 0.184 e. The Kier molecular flexibility index (Phi) is 2.67. The lowest BCUT2D eigenvalue weighted by atomic mass is 10.2. The molecule has 5 nitrogen and oxygen atoms in total. The highest BCUT2D eigenvalue weighted by atomic mass is 32.1. The van der Waals surface area contributed by atoms with Gasteiger partial charge >= 0.3 is 0 Å². The summed E-state index contributed by atoms with van der Waals surface area (Å²) in [5, 5.41) is 12.6. The van der Waals surface area contributed by atoms with Crippen molar-refractivity contribution in [2.75, 3.05) is 5.32 Å². The Labute approximate surface area is 107 Å². The predicted molar refractivity (Wildman–Crippen MR) is 68.2 cm³/mol. The zero-order valence-corrected chi connectivity index (χ0v) is 10.1. The van der Waals surface area contributed by atoms with Crippen molar-refractivity contribution in [2.45, 2.75) is 6.54 Å².